The first kappa shape index (κ1) is 15.2. The molecule has 0 bridgehead atoms. The highest BCUT2D eigenvalue weighted by molar-refractivity contribution is 7.90. The highest BCUT2D eigenvalue weighted by Gasteiger charge is 2.10. The van der Waals surface area contributed by atoms with Crippen molar-refractivity contribution in [2.75, 3.05) is 23.9 Å². The number of pyridine rings is 1. The molecule has 0 amide bonds. The van der Waals surface area contributed by atoms with Gasteiger partial charge in [-0.2, -0.15) is 0 Å². The molecule has 0 aliphatic rings. The maximum atomic E-state index is 11.1. The average Bonchev–Trinajstić information content (AvgIpc) is 2.42. The van der Waals surface area contributed by atoms with E-state index in [4.69, 9.17) is 5.11 Å². The fraction of sp³-hybridized carbons (Fsp3) is 0.286. The second-order valence-electron chi connectivity index (χ2n) is 4.79. The van der Waals surface area contributed by atoms with Crippen molar-refractivity contribution in [1.29, 1.82) is 0 Å². The predicted octanol–water partition coefficient (Wildman–Crippen LogP) is 1.78. The molecule has 0 saturated heterocycles. The highest BCUT2D eigenvalue weighted by Crippen LogP contribution is 2.23. The number of sulfone groups is 1. The summed E-state index contributed by atoms with van der Waals surface area (Å²) in [6, 6.07) is 8.67. The summed E-state index contributed by atoms with van der Waals surface area (Å²) < 4.78 is 22.2. The zero-order valence-electron chi connectivity index (χ0n) is 11.5. The molecule has 112 valence electrons. The molecule has 21 heavy (non-hydrogen) atoms. The molecule has 0 spiro atoms. The van der Waals surface area contributed by atoms with E-state index in [-0.39, 0.29) is 11.4 Å². The number of rotatable bonds is 6. The van der Waals surface area contributed by atoms with E-state index in [2.05, 4.69) is 10.3 Å². The van der Waals surface area contributed by atoms with Crippen molar-refractivity contribution in [2.45, 2.75) is 6.42 Å². The number of carboxylic acids is 1. The van der Waals surface area contributed by atoms with E-state index >= 15 is 0 Å². The summed E-state index contributed by atoms with van der Waals surface area (Å²) in [5.41, 5.74) is 1.19. The number of aromatic nitrogens is 1. The number of nitrogens with zero attached hydrogens (tertiary/aromatic N) is 1. The van der Waals surface area contributed by atoms with Crippen LogP contribution in [0, 0.1) is 0 Å². The molecule has 1 aromatic heterocycles. The third-order valence-corrected chi connectivity index (χ3v) is 3.97. The number of anilines is 1. The lowest BCUT2D eigenvalue weighted by Gasteiger charge is -2.10. The van der Waals surface area contributed by atoms with Crippen molar-refractivity contribution in [1.82, 2.24) is 4.98 Å². The van der Waals surface area contributed by atoms with Crippen molar-refractivity contribution in [2.24, 2.45) is 0 Å². The second-order valence-corrected chi connectivity index (χ2v) is 7.05. The Kier molecular flexibility index (Phi) is 4.42. The Hall–Kier alpha value is -2.15. The third kappa shape index (κ3) is 4.16. The van der Waals surface area contributed by atoms with Crippen LogP contribution in [0.2, 0.25) is 0 Å². The monoisotopic (exact) mass is 308 g/mol. The number of benzene rings is 1. The first-order valence-electron chi connectivity index (χ1n) is 6.41. The second kappa shape index (κ2) is 6.09. The summed E-state index contributed by atoms with van der Waals surface area (Å²) in [4.78, 5) is 15.2. The SMILES string of the molecule is CS(=O)(=O)CCCNc1cc(C(=O)O)nc2ccccc12. The van der Waals surface area contributed by atoms with Gasteiger partial charge in [-0.1, -0.05) is 18.2 Å². The van der Waals surface area contributed by atoms with Crippen LogP contribution in [0.15, 0.2) is 30.3 Å². The van der Waals surface area contributed by atoms with Gasteiger partial charge in [-0.25, -0.2) is 18.2 Å². The van der Waals surface area contributed by atoms with Gasteiger partial charge in [-0.3, -0.25) is 0 Å². The molecule has 2 N–H and O–H groups in total. The number of nitrogens with one attached hydrogen (secondary N) is 1. The summed E-state index contributed by atoms with van der Waals surface area (Å²) in [5, 5.41) is 13.0. The Bertz CT molecular complexity index is 772. The summed E-state index contributed by atoms with van der Waals surface area (Å²) in [7, 11) is -2.99. The third-order valence-electron chi connectivity index (χ3n) is 2.94. The number of para-hydroxylation sites is 1. The maximum absolute atomic E-state index is 11.1. The molecule has 0 aliphatic carbocycles. The first-order valence-corrected chi connectivity index (χ1v) is 8.47. The van der Waals surface area contributed by atoms with Crippen molar-refractivity contribution in [3.63, 3.8) is 0 Å². The van der Waals surface area contributed by atoms with E-state index in [1.54, 1.807) is 12.1 Å². The van der Waals surface area contributed by atoms with Gasteiger partial charge in [0.25, 0.3) is 0 Å². The molecule has 6 nitrogen and oxygen atoms in total. The summed E-state index contributed by atoms with van der Waals surface area (Å²) in [6.07, 6.45) is 1.65. The van der Waals surface area contributed by atoms with Crippen LogP contribution >= 0.6 is 0 Å². The Labute approximate surface area is 122 Å². The summed E-state index contributed by atoms with van der Waals surface area (Å²) >= 11 is 0. The molecule has 0 unspecified atom stereocenters. The van der Waals surface area contributed by atoms with Gasteiger partial charge in [-0.05, 0) is 18.6 Å². The fourth-order valence-electron chi connectivity index (χ4n) is 1.99. The van der Waals surface area contributed by atoms with Gasteiger partial charge in [0.05, 0.1) is 11.3 Å². The average molecular weight is 308 g/mol. The van der Waals surface area contributed by atoms with Gasteiger partial charge in [0, 0.05) is 23.9 Å². The van der Waals surface area contributed by atoms with Gasteiger partial charge >= 0.3 is 5.97 Å². The minimum Gasteiger partial charge on any atom is -0.477 e. The number of hydrogen-bond donors (Lipinski definition) is 2. The number of carbonyl (C=O) groups is 1. The lowest BCUT2D eigenvalue weighted by Crippen LogP contribution is -2.11. The number of carboxylic acid groups (broad SMARTS) is 1. The molecule has 0 fully saturated rings. The number of hydrogen-bond acceptors (Lipinski definition) is 5. The molecule has 0 aliphatic heterocycles. The van der Waals surface area contributed by atoms with Gasteiger partial charge in [0.1, 0.15) is 9.84 Å². The van der Waals surface area contributed by atoms with Gasteiger partial charge < -0.3 is 10.4 Å². The lowest BCUT2D eigenvalue weighted by molar-refractivity contribution is 0.0691. The quantitative estimate of drug-likeness (QED) is 0.790. The van der Waals surface area contributed by atoms with Gasteiger partial charge in [0.15, 0.2) is 5.69 Å². The number of aromatic carboxylic acids is 1. The van der Waals surface area contributed by atoms with E-state index in [1.165, 1.54) is 12.3 Å². The van der Waals surface area contributed by atoms with Crippen molar-refractivity contribution >= 4 is 32.4 Å². The van der Waals surface area contributed by atoms with Crippen LogP contribution in [0.4, 0.5) is 5.69 Å². The Morgan fingerprint density at radius 2 is 2.05 bits per heavy atom. The molecule has 1 aromatic carbocycles. The zero-order chi connectivity index (χ0) is 15.5. The van der Waals surface area contributed by atoms with Crippen molar-refractivity contribution < 1.29 is 18.3 Å². The first-order chi connectivity index (χ1) is 9.87. The largest absolute Gasteiger partial charge is 0.477 e. The van der Waals surface area contributed by atoms with Crippen molar-refractivity contribution in [3.05, 3.63) is 36.0 Å². The minimum absolute atomic E-state index is 0.0423. The molecule has 2 rings (SSSR count). The molecule has 2 aromatic rings. The maximum Gasteiger partial charge on any atom is 0.354 e. The molecular formula is C14H16N2O4S. The van der Waals surface area contributed by atoms with Crippen LogP contribution in [0.3, 0.4) is 0 Å². The van der Waals surface area contributed by atoms with Crippen LogP contribution in [0.5, 0.6) is 0 Å². The zero-order valence-corrected chi connectivity index (χ0v) is 12.4. The van der Waals surface area contributed by atoms with Crippen LogP contribution in [0.1, 0.15) is 16.9 Å². The van der Waals surface area contributed by atoms with E-state index in [9.17, 15) is 13.2 Å². The molecule has 1 heterocycles. The Balaban J connectivity index is 2.23. The van der Waals surface area contributed by atoms with Gasteiger partial charge in [-0.15, -0.1) is 0 Å². The highest BCUT2D eigenvalue weighted by atomic mass is 32.2. The smallest absolute Gasteiger partial charge is 0.354 e. The van der Waals surface area contributed by atoms with Crippen LogP contribution in [-0.2, 0) is 9.84 Å². The number of fused-ring (bicyclic) bond motifs is 1. The molecular weight excluding hydrogens is 292 g/mol. The van der Waals surface area contributed by atoms with Gasteiger partial charge in [0.2, 0.25) is 0 Å². The van der Waals surface area contributed by atoms with Crippen molar-refractivity contribution in [3.8, 4) is 0 Å². The van der Waals surface area contributed by atoms with Crippen LogP contribution < -0.4 is 5.32 Å². The molecule has 0 saturated carbocycles. The standard InChI is InChI=1S/C14H16N2O4S/c1-21(19,20)8-4-7-15-12-9-13(14(17)18)16-11-6-3-2-5-10(11)12/h2-3,5-6,9H,4,7-8H2,1H3,(H,15,16)(H,17,18). The fourth-order valence-corrected chi connectivity index (χ4v) is 2.66. The minimum atomic E-state index is -2.99. The van der Waals surface area contributed by atoms with E-state index in [1.807, 2.05) is 12.1 Å². The van der Waals surface area contributed by atoms with Crippen LogP contribution in [0.25, 0.3) is 10.9 Å². The summed E-state index contributed by atoms with van der Waals surface area (Å²) in [6.45, 7) is 0.445. The lowest BCUT2D eigenvalue weighted by atomic mass is 10.1. The normalized spacial score (nSPS) is 11.5. The topological polar surface area (TPSA) is 96.4 Å². The molecule has 0 atom stereocenters. The van der Waals surface area contributed by atoms with E-state index in [0.717, 1.165) is 5.39 Å². The van der Waals surface area contributed by atoms with E-state index < -0.39 is 15.8 Å². The van der Waals surface area contributed by atoms with Crippen LogP contribution in [-0.4, -0.2) is 43.0 Å². The molecule has 0 radical (unpaired) electrons. The Morgan fingerprint density at radius 1 is 1.33 bits per heavy atom. The Morgan fingerprint density at radius 3 is 2.71 bits per heavy atom. The summed E-state index contributed by atoms with van der Waals surface area (Å²) in [5.74, 6) is -1.01. The predicted molar refractivity (Wildman–Crippen MR) is 81.5 cm³/mol. The van der Waals surface area contributed by atoms with E-state index in [0.29, 0.717) is 24.2 Å². The molecule has 7 heteroatoms.